The summed E-state index contributed by atoms with van der Waals surface area (Å²) in [4.78, 5) is 11.5. The molecular formula is C11H12F2O2. The van der Waals surface area contributed by atoms with Crippen LogP contribution in [0.2, 0.25) is 0 Å². The molecule has 15 heavy (non-hydrogen) atoms. The van der Waals surface area contributed by atoms with Gasteiger partial charge >= 0.3 is 6.61 Å². The van der Waals surface area contributed by atoms with E-state index in [0.29, 0.717) is 5.56 Å². The van der Waals surface area contributed by atoms with Gasteiger partial charge in [0.05, 0.1) is 5.56 Å². The van der Waals surface area contributed by atoms with Gasteiger partial charge in [-0.3, -0.25) is 4.79 Å². The van der Waals surface area contributed by atoms with Crippen LogP contribution in [0.4, 0.5) is 8.78 Å². The zero-order valence-electron chi connectivity index (χ0n) is 8.59. The molecule has 0 aromatic heterocycles. The minimum Gasteiger partial charge on any atom is -0.434 e. The largest absolute Gasteiger partial charge is 0.434 e. The van der Waals surface area contributed by atoms with Crippen molar-refractivity contribution in [3.8, 4) is 5.75 Å². The molecule has 0 saturated carbocycles. The van der Waals surface area contributed by atoms with E-state index < -0.39 is 6.61 Å². The number of halogens is 2. The van der Waals surface area contributed by atoms with Gasteiger partial charge in [-0.2, -0.15) is 8.78 Å². The van der Waals surface area contributed by atoms with Crippen molar-refractivity contribution in [1.82, 2.24) is 0 Å². The fourth-order valence-corrected chi connectivity index (χ4v) is 1.37. The van der Waals surface area contributed by atoms with E-state index >= 15 is 0 Å². The molecule has 0 spiro atoms. The summed E-state index contributed by atoms with van der Waals surface area (Å²) >= 11 is 0. The molecule has 82 valence electrons. The molecule has 0 aliphatic heterocycles. The number of carbonyl (C=O) groups is 1. The van der Waals surface area contributed by atoms with Crippen LogP contribution in [0.25, 0.3) is 0 Å². The standard InChI is InChI=1S/C11H12F2O2/c1-3-8(14)10-7(2)5-4-6-9(10)15-11(12)13/h4-6,11H,3H2,1-2H3. The van der Waals surface area contributed by atoms with E-state index in [1.807, 2.05) is 0 Å². The second kappa shape index (κ2) is 4.87. The lowest BCUT2D eigenvalue weighted by Crippen LogP contribution is -2.09. The molecule has 0 atom stereocenters. The van der Waals surface area contributed by atoms with Crippen LogP contribution in [-0.2, 0) is 0 Å². The van der Waals surface area contributed by atoms with Gasteiger partial charge in [0.15, 0.2) is 5.78 Å². The first-order chi connectivity index (χ1) is 7.06. The average molecular weight is 214 g/mol. The van der Waals surface area contributed by atoms with Crippen LogP contribution < -0.4 is 4.74 Å². The van der Waals surface area contributed by atoms with Crippen molar-refractivity contribution < 1.29 is 18.3 Å². The van der Waals surface area contributed by atoms with Gasteiger partial charge in [-0.05, 0) is 18.6 Å². The molecule has 0 unspecified atom stereocenters. The van der Waals surface area contributed by atoms with Crippen LogP contribution in [0.3, 0.4) is 0 Å². The van der Waals surface area contributed by atoms with E-state index in [1.54, 1.807) is 26.0 Å². The Morgan fingerprint density at radius 3 is 2.67 bits per heavy atom. The topological polar surface area (TPSA) is 26.3 Å². The Bertz CT molecular complexity index is 362. The minimum absolute atomic E-state index is 0.0446. The van der Waals surface area contributed by atoms with E-state index in [9.17, 15) is 13.6 Å². The lowest BCUT2D eigenvalue weighted by Gasteiger charge is -2.11. The van der Waals surface area contributed by atoms with Crippen LogP contribution in [-0.4, -0.2) is 12.4 Å². The summed E-state index contributed by atoms with van der Waals surface area (Å²) in [5.41, 5.74) is 0.903. The van der Waals surface area contributed by atoms with E-state index in [2.05, 4.69) is 4.74 Å². The normalized spacial score (nSPS) is 10.5. The molecule has 0 N–H and O–H groups in total. The third-order valence-electron chi connectivity index (χ3n) is 2.05. The van der Waals surface area contributed by atoms with Gasteiger partial charge in [0.25, 0.3) is 0 Å². The summed E-state index contributed by atoms with van der Waals surface area (Å²) in [7, 11) is 0. The van der Waals surface area contributed by atoms with Gasteiger partial charge < -0.3 is 4.74 Å². The Morgan fingerprint density at radius 1 is 1.47 bits per heavy atom. The number of Topliss-reactive ketones (excluding diaryl/α,β-unsaturated/α-hetero) is 1. The van der Waals surface area contributed by atoms with Crippen LogP contribution in [0.1, 0.15) is 29.3 Å². The molecule has 0 heterocycles. The van der Waals surface area contributed by atoms with Crippen molar-refractivity contribution in [2.75, 3.05) is 0 Å². The van der Waals surface area contributed by atoms with Crippen molar-refractivity contribution in [3.63, 3.8) is 0 Å². The van der Waals surface area contributed by atoms with Crippen molar-refractivity contribution in [2.45, 2.75) is 26.9 Å². The predicted octanol–water partition coefficient (Wildman–Crippen LogP) is 3.19. The molecule has 0 aliphatic rings. The molecule has 0 amide bonds. The Kier molecular flexibility index (Phi) is 3.77. The summed E-state index contributed by atoms with van der Waals surface area (Å²) in [6.07, 6.45) is 0.268. The second-order valence-corrected chi connectivity index (χ2v) is 3.10. The summed E-state index contributed by atoms with van der Waals surface area (Å²) in [5.74, 6) is -0.236. The Balaban J connectivity index is 3.14. The second-order valence-electron chi connectivity index (χ2n) is 3.10. The fourth-order valence-electron chi connectivity index (χ4n) is 1.37. The summed E-state index contributed by atoms with van der Waals surface area (Å²) < 4.78 is 28.4. The molecule has 0 bridgehead atoms. The molecule has 1 rings (SSSR count). The molecule has 0 fully saturated rings. The van der Waals surface area contributed by atoms with Gasteiger partial charge in [-0.15, -0.1) is 0 Å². The first-order valence-electron chi connectivity index (χ1n) is 4.64. The molecule has 0 radical (unpaired) electrons. The lowest BCUT2D eigenvalue weighted by molar-refractivity contribution is -0.0501. The predicted molar refractivity (Wildman–Crippen MR) is 52.4 cm³/mol. The number of ether oxygens (including phenoxy) is 1. The Labute approximate surface area is 86.9 Å². The first-order valence-corrected chi connectivity index (χ1v) is 4.64. The monoisotopic (exact) mass is 214 g/mol. The number of ketones is 1. The van der Waals surface area contributed by atoms with Crippen LogP contribution in [0.15, 0.2) is 18.2 Å². The number of alkyl halides is 2. The molecule has 4 heteroatoms. The van der Waals surface area contributed by atoms with Gasteiger partial charge in [-0.25, -0.2) is 0 Å². The number of aryl methyl sites for hydroxylation is 1. The van der Waals surface area contributed by atoms with Crippen LogP contribution in [0.5, 0.6) is 5.75 Å². The van der Waals surface area contributed by atoms with Crippen molar-refractivity contribution >= 4 is 5.78 Å². The highest BCUT2D eigenvalue weighted by Crippen LogP contribution is 2.25. The van der Waals surface area contributed by atoms with Crippen LogP contribution >= 0.6 is 0 Å². The van der Waals surface area contributed by atoms with Crippen LogP contribution in [0, 0.1) is 6.92 Å². The van der Waals surface area contributed by atoms with Gasteiger partial charge in [0, 0.05) is 6.42 Å². The third-order valence-corrected chi connectivity index (χ3v) is 2.05. The smallest absolute Gasteiger partial charge is 0.387 e. The zero-order valence-corrected chi connectivity index (χ0v) is 8.59. The highest BCUT2D eigenvalue weighted by molar-refractivity contribution is 5.99. The Hall–Kier alpha value is -1.45. The quantitative estimate of drug-likeness (QED) is 0.719. The molecule has 2 nitrogen and oxygen atoms in total. The molecule has 0 saturated heterocycles. The molecular weight excluding hydrogens is 202 g/mol. The third kappa shape index (κ3) is 2.75. The van der Waals surface area contributed by atoms with E-state index in [-0.39, 0.29) is 23.5 Å². The van der Waals surface area contributed by atoms with Crippen molar-refractivity contribution in [3.05, 3.63) is 29.3 Å². The van der Waals surface area contributed by atoms with E-state index in [1.165, 1.54) is 6.07 Å². The summed E-state index contributed by atoms with van der Waals surface area (Å²) in [6, 6.07) is 4.66. The Morgan fingerprint density at radius 2 is 2.13 bits per heavy atom. The first kappa shape index (κ1) is 11.6. The number of hydrogen-bond acceptors (Lipinski definition) is 2. The maximum Gasteiger partial charge on any atom is 0.387 e. The maximum atomic E-state index is 12.1. The molecule has 1 aromatic rings. The van der Waals surface area contributed by atoms with E-state index in [0.717, 1.165) is 0 Å². The number of hydrogen-bond donors (Lipinski definition) is 0. The number of carbonyl (C=O) groups excluding carboxylic acids is 1. The highest BCUT2D eigenvalue weighted by Gasteiger charge is 2.16. The average Bonchev–Trinajstić information content (AvgIpc) is 2.16. The highest BCUT2D eigenvalue weighted by atomic mass is 19.3. The number of benzene rings is 1. The summed E-state index contributed by atoms with van der Waals surface area (Å²) in [5, 5.41) is 0. The van der Waals surface area contributed by atoms with Gasteiger partial charge in [0.2, 0.25) is 0 Å². The lowest BCUT2D eigenvalue weighted by atomic mass is 10.0. The number of rotatable bonds is 4. The zero-order chi connectivity index (χ0) is 11.4. The fraction of sp³-hybridized carbons (Fsp3) is 0.364. The van der Waals surface area contributed by atoms with Gasteiger partial charge in [-0.1, -0.05) is 19.1 Å². The minimum atomic E-state index is -2.91. The maximum absolute atomic E-state index is 12.1. The van der Waals surface area contributed by atoms with Crippen molar-refractivity contribution in [2.24, 2.45) is 0 Å². The van der Waals surface area contributed by atoms with Gasteiger partial charge in [0.1, 0.15) is 5.75 Å². The van der Waals surface area contributed by atoms with E-state index in [4.69, 9.17) is 0 Å². The molecule has 0 aliphatic carbocycles. The van der Waals surface area contributed by atoms with Crippen molar-refractivity contribution in [1.29, 1.82) is 0 Å². The molecule has 1 aromatic carbocycles. The summed E-state index contributed by atoms with van der Waals surface area (Å²) in [6.45, 7) is 0.470. The SMILES string of the molecule is CCC(=O)c1c(C)cccc1OC(F)F.